The van der Waals surface area contributed by atoms with E-state index in [1.807, 2.05) is 0 Å². The first kappa shape index (κ1) is 26.8. The van der Waals surface area contributed by atoms with E-state index in [4.69, 9.17) is 14.2 Å². The van der Waals surface area contributed by atoms with E-state index < -0.39 is 34.9 Å². The van der Waals surface area contributed by atoms with Crippen LogP contribution in [0.5, 0.6) is 17.2 Å². The minimum Gasteiger partial charge on any atom is -0.497 e. The molecule has 3 aromatic rings. The summed E-state index contributed by atoms with van der Waals surface area (Å²) in [4.78, 5) is 25.1. The first-order valence-corrected chi connectivity index (χ1v) is 10.9. The number of methoxy groups -OCH3 is 1. The smallest absolute Gasteiger partial charge is 0.418 e. The molecule has 3 aromatic carbocycles. The molecule has 0 aromatic heterocycles. The monoisotopic (exact) mass is 510 g/mol. The molecule has 0 aliphatic heterocycles. The summed E-state index contributed by atoms with van der Waals surface area (Å²) in [5.74, 6) is -0.832. The van der Waals surface area contributed by atoms with Gasteiger partial charge in [0.25, 0.3) is 5.91 Å². The van der Waals surface area contributed by atoms with E-state index in [2.05, 4.69) is 5.32 Å². The fourth-order valence-electron chi connectivity index (χ4n) is 3.20. The highest BCUT2D eigenvalue weighted by Gasteiger charge is 2.33. The lowest BCUT2D eigenvalue weighted by Crippen LogP contribution is -2.17. The van der Waals surface area contributed by atoms with Crippen molar-refractivity contribution in [1.82, 2.24) is 0 Å². The fourth-order valence-corrected chi connectivity index (χ4v) is 3.20. The number of ether oxygens (including phenoxy) is 3. The second kappa shape index (κ2) is 11.8. The summed E-state index contributed by atoms with van der Waals surface area (Å²) in [7, 11) is 1.50. The lowest BCUT2D eigenvalue weighted by molar-refractivity contribution is -0.137. The van der Waals surface area contributed by atoms with E-state index in [1.165, 1.54) is 55.7 Å². The van der Waals surface area contributed by atoms with E-state index in [9.17, 15) is 28.0 Å². The molecule has 190 valence electrons. The van der Waals surface area contributed by atoms with Crippen molar-refractivity contribution in [2.75, 3.05) is 19.0 Å². The second-order valence-electron chi connectivity index (χ2n) is 7.42. The summed E-state index contributed by atoms with van der Waals surface area (Å²) < 4.78 is 55.7. The number of alkyl halides is 3. The van der Waals surface area contributed by atoms with Crippen LogP contribution in [0.1, 0.15) is 28.4 Å². The molecule has 1 amide bonds. The van der Waals surface area contributed by atoms with Crippen molar-refractivity contribution in [3.05, 3.63) is 89.0 Å². The molecule has 0 radical (unpaired) electrons. The van der Waals surface area contributed by atoms with Crippen LogP contribution in [0.15, 0.2) is 72.3 Å². The molecule has 10 heteroatoms. The Morgan fingerprint density at radius 3 is 2.35 bits per heavy atom. The maximum atomic E-state index is 13.2. The number of hydrogen-bond acceptors (Lipinski definition) is 6. The van der Waals surface area contributed by atoms with Gasteiger partial charge in [-0.3, -0.25) is 4.79 Å². The van der Waals surface area contributed by atoms with Gasteiger partial charge < -0.3 is 19.5 Å². The molecule has 0 spiro atoms. The molecule has 3 rings (SSSR count). The predicted octanol–water partition coefficient (Wildman–Crippen LogP) is 5.88. The van der Waals surface area contributed by atoms with Gasteiger partial charge in [0.15, 0.2) is 11.5 Å². The molecule has 0 aliphatic carbocycles. The highest BCUT2D eigenvalue weighted by atomic mass is 19.4. The summed E-state index contributed by atoms with van der Waals surface area (Å²) in [5, 5.41) is 11.6. The van der Waals surface area contributed by atoms with Crippen molar-refractivity contribution in [2.45, 2.75) is 13.1 Å². The quantitative estimate of drug-likeness (QED) is 0.176. The number of halogens is 3. The summed E-state index contributed by atoms with van der Waals surface area (Å²) in [6.45, 7) is 1.93. The molecule has 0 saturated heterocycles. The Hall–Kier alpha value is -4.78. The molecular weight excluding hydrogens is 489 g/mol. The highest BCUT2D eigenvalue weighted by Crippen LogP contribution is 2.35. The van der Waals surface area contributed by atoms with Crippen LogP contribution in [-0.2, 0) is 11.0 Å². The zero-order chi connectivity index (χ0) is 27.0. The first-order chi connectivity index (χ1) is 17.7. The van der Waals surface area contributed by atoms with E-state index in [0.717, 1.165) is 12.1 Å². The Morgan fingerprint density at radius 2 is 1.73 bits per heavy atom. The Labute approximate surface area is 210 Å². The third-order valence-electron chi connectivity index (χ3n) is 4.95. The summed E-state index contributed by atoms with van der Waals surface area (Å²) in [5.41, 5.74) is -1.36. The number of nitriles is 1. The largest absolute Gasteiger partial charge is 0.497 e. The van der Waals surface area contributed by atoms with Gasteiger partial charge in [-0.05, 0) is 67.1 Å². The lowest BCUT2D eigenvalue weighted by atomic mass is 10.1. The van der Waals surface area contributed by atoms with E-state index in [-0.39, 0.29) is 23.7 Å². The molecule has 0 atom stereocenters. The number of carbonyl (C=O) groups excluding carboxylic acids is 2. The van der Waals surface area contributed by atoms with Crippen LogP contribution in [0.2, 0.25) is 0 Å². The van der Waals surface area contributed by atoms with Crippen LogP contribution in [0.25, 0.3) is 6.08 Å². The van der Waals surface area contributed by atoms with Gasteiger partial charge in [-0.2, -0.15) is 18.4 Å². The van der Waals surface area contributed by atoms with E-state index >= 15 is 0 Å². The lowest BCUT2D eigenvalue weighted by Gasteiger charge is -2.13. The van der Waals surface area contributed by atoms with Crippen LogP contribution in [0.4, 0.5) is 18.9 Å². The summed E-state index contributed by atoms with van der Waals surface area (Å²) in [6.07, 6.45) is -3.50. The zero-order valence-corrected chi connectivity index (χ0v) is 19.8. The number of amides is 1. The van der Waals surface area contributed by atoms with Crippen molar-refractivity contribution in [2.24, 2.45) is 0 Å². The molecule has 0 unspecified atom stereocenters. The maximum absolute atomic E-state index is 13.2. The maximum Gasteiger partial charge on any atom is 0.418 e. The standard InChI is InChI=1S/C27H21F3N2O5/c1-3-36-24-15-17(8-13-23(24)37-26(34)18-9-11-20(35-2)12-10-18)14-19(16-31)25(33)32-22-7-5-4-6-21(22)27(28,29)30/h4-15H,3H2,1-2H3,(H,32,33)/b19-14+. The zero-order valence-electron chi connectivity index (χ0n) is 19.8. The number of nitrogens with one attached hydrogen (secondary N) is 1. The third-order valence-corrected chi connectivity index (χ3v) is 4.95. The minimum absolute atomic E-state index is 0.0990. The van der Waals surface area contributed by atoms with Gasteiger partial charge in [0.1, 0.15) is 17.4 Å². The highest BCUT2D eigenvalue weighted by molar-refractivity contribution is 6.10. The van der Waals surface area contributed by atoms with Gasteiger partial charge >= 0.3 is 12.1 Å². The van der Waals surface area contributed by atoms with Gasteiger partial charge in [0.05, 0.1) is 30.5 Å². The van der Waals surface area contributed by atoms with Crippen LogP contribution in [0.3, 0.4) is 0 Å². The number of esters is 1. The number of nitrogens with zero attached hydrogens (tertiary/aromatic N) is 1. The number of rotatable bonds is 8. The average molecular weight is 510 g/mol. The van der Waals surface area contributed by atoms with Crippen molar-refractivity contribution >= 4 is 23.6 Å². The molecule has 0 heterocycles. The number of anilines is 1. The van der Waals surface area contributed by atoms with Crippen molar-refractivity contribution in [1.29, 1.82) is 5.26 Å². The summed E-state index contributed by atoms with van der Waals surface area (Å²) in [6, 6.07) is 16.7. The molecular formula is C27H21F3N2O5. The van der Waals surface area contributed by atoms with Crippen LogP contribution < -0.4 is 19.5 Å². The second-order valence-corrected chi connectivity index (χ2v) is 7.42. The number of hydrogen-bond donors (Lipinski definition) is 1. The molecule has 0 aliphatic rings. The first-order valence-electron chi connectivity index (χ1n) is 10.9. The normalized spacial score (nSPS) is 11.3. The molecule has 0 saturated carbocycles. The molecule has 0 bridgehead atoms. The van der Waals surface area contributed by atoms with Crippen molar-refractivity contribution < 1.29 is 37.0 Å². The van der Waals surface area contributed by atoms with Crippen LogP contribution >= 0.6 is 0 Å². The Morgan fingerprint density at radius 1 is 1.03 bits per heavy atom. The van der Waals surface area contributed by atoms with Gasteiger partial charge in [0, 0.05) is 0 Å². The predicted molar refractivity (Wildman–Crippen MR) is 129 cm³/mol. The van der Waals surface area contributed by atoms with E-state index in [1.54, 1.807) is 25.1 Å². The fraction of sp³-hybridized carbons (Fsp3) is 0.148. The van der Waals surface area contributed by atoms with Crippen LogP contribution in [-0.4, -0.2) is 25.6 Å². The number of para-hydroxylation sites is 1. The topological polar surface area (TPSA) is 97.6 Å². The number of carbonyl (C=O) groups is 2. The molecule has 37 heavy (non-hydrogen) atoms. The molecule has 7 nitrogen and oxygen atoms in total. The van der Waals surface area contributed by atoms with Gasteiger partial charge in [-0.15, -0.1) is 0 Å². The Bertz CT molecular complexity index is 1360. The molecule has 1 N–H and O–H groups in total. The van der Waals surface area contributed by atoms with Crippen LogP contribution in [0, 0.1) is 11.3 Å². The molecule has 0 fully saturated rings. The summed E-state index contributed by atoms with van der Waals surface area (Å²) >= 11 is 0. The average Bonchev–Trinajstić information content (AvgIpc) is 2.88. The van der Waals surface area contributed by atoms with Gasteiger partial charge in [0.2, 0.25) is 0 Å². The third kappa shape index (κ3) is 6.89. The Balaban J connectivity index is 1.84. The van der Waals surface area contributed by atoms with Gasteiger partial charge in [-0.25, -0.2) is 4.79 Å². The van der Waals surface area contributed by atoms with Crippen molar-refractivity contribution in [3.63, 3.8) is 0 Å². The van der Waals surface area contributed by atoms with Crippen molar-refractivity contribution in [3.8, 4) is 23.3 Å². The Kier molecular flexibility index (Phi) is 8.53. The van der Waals surface area contributed by atoms with Gasteiger partial charge in [-0.1, -0.05) is 18.2 Å². The minimum atomic E-state index is -4.69. The number of benzene rings is 3. The van der Waals surface area contributed by atoms with E-state index in [0.29, 0.717) is 11.3 Å². The SMILES string of the molecule is CCOc1cc(/C=C(\C#N)C(=O)Nc2ccccc2C(F)(F)F)ccc1OC(=O)c1ccc(OC)cc1.